The van der Waals surface area contributed by atoms with E-state index < -0.39 is 0 Å². The molecule has 1 aliphatic carbocycles. The van der Waals surface area contributed by atoms with Crippen LogP contribution in [-0.2, 0) is 21.4 Å². The molecule has 0 amide bonds. The lowest BCUT2D eigenvalue weighted by Gasteiger charge is -2.36. The van der Waals surface area contributed by atoms with Crippen LogP contribution < -0.4 is 0 Å². The average Bonchev–Trinajstić information content (AvgIpc) is 2.92. The van der Waals surface area contributed by atoms with Gasteiger partial charge in [0.05, 0.1) is 7.11 Å². The molecule has 2 aromatic rings. The van der Waals surface area contributed by atoms with Gasteiger partial charge in [-0.1, -0.05) is 25.1 Å². The molecule has 1 aromatic carbocycles. The molecule has 1 N–H and O–H groups in total. The van der Waals surface area contributed by atoms with E-state index in [1.165, 1.54) is 35.7 Å². The van der Waals surface area contributed by atoms with Gasteiger partial charge in [0.1, 0.15) is 0 Å². The van der Waals surface area contributed by atoms with Crippen molar-refractivity contribution in [2.24, 2.45) is 0 Å². The van der Waals surface area contributed by atoms with Crippen LogP contribution in [0.25, 0.3) is 10.9 Å². The number of para-hydroxylation sites is 1. The maximum Gasteiger partial charge on any atom is 0.305 e. The lowest BCUT2D eigenvalue weighted by molar-refractivity contribution is -0.141. The van der Waals surface area contributed by atoms with Gasteiger partial charge in [-0.3, -0.25) is 4.79 Å². The molecular formula is C18H23NO2. The van der Waals surface area contributed by atoms with Crippen molar-refractivity contribution in [3.8, 4) is 0 Å². The highest BCUT2D eigenvalue weighted by Gasteiger charge is 2.37. The number of benzene rings is 1. The minimum absolute atomic E-state index is 0.0980. The number of rotatable bonds is 4. The standard InChI is InChI=1S/C18H23NO2/c1-3-18(12-10-16(20)21-2)11-6-8-14-13-7-4-5-9-15(13)19-17(14)18/h4-5,7,9,19H,3,6,8,10-12H2,1-2H3/t18-/m1/s1. The SMILES string of the molecule is CC[C@]1(CCC(=O)OC)CCCc2c1[nH]c1ccccc21. The third kappa shape index (κ3) is 2.35. The molecule has 1 heterocycles. The molecule has 112 valence electrons. The van der Waals surface area contributed by atoms with Crippen molar-refractivity contribution < 1.29 is 9.53 Å². The van der Waals surface area contributed by atoms with Crippen molar-refractivity contribution in [2.45, 2.75) is 50.9 Å². The molecule has 0 spiro atoms. The van der Waals surface area contributed by atoms with Gasteiger partial charge in [-0.15, -0.1) is 0 Å². The van der Waals surface area contributed by atoms with Gasteiger partial charge in [-0.05, 0) is 43.7 Å². The van der Waals surface area contributed by atoms with Gasteiger partial charge in [0, 0.05) is 28.4 Å². The highest BCUT2D eigenvalue weighted by atomic mass is 16.5. The van der Waals surface area contributed by atoms with E-state index in [1.807, 2.05) is 0 Å². The third-order valence-corrected chi connectivity index (χ3v) is 5.14. The van der Waals surface area contributed by atoms with Crippen LogP contribution in [-0.4, -0.2) is 18.1 Å². The molecule has 0 fully saturated rings. The van der Waals surface area contributed by atoms with Gasteiger partial charge < -0.3 is 9.72 Å². The number of esters is 1. The van der Waals surface area contributed by atoms with Gasteiger partial charge >= 0.3 is 5.97 Å². The molecule has 0 radical (unpaired) electrons. The predicted molar refractivity (Wildman–Crippen MR) is 84.5 cm³/mol. The fourth-order valence-electron chi connectivity index (χ4n) is 3.86. The van der Waals surface area contributed by atoms with E-state index in [-0.39, 0.29) is 11.4 Å². The summed E-state index contributed by atoms with van der Waals surface area (Å²) >= 11 is 0. The van der Waals surface area contributed by atoms with Gasteiger partial charge in [-0.2, -0.15) is 0 Å². The molecular weight excluding hydrogens is 262 g/mol. The van der Waals surface area contributed by atoms with Crippen molar-refractivity contribution in [1.82, 2.24) is 4.98 Å². The van der Waals surface area contributed by atoms with E-state index in [1.54, 1.807) is 0 Å². The second-order valence-electron chi connectivity index (χ2n) is 6.09. The van der Waals surface area contributed by atoms with Gasteiger partial charge in [-0.25, -0.2) is 0 Å². The number of H-pyrrole nitrogens is 1. The van der Waals surface area contributed by atoms with Crippen LogP contribution in [0.2, 0.25) is 0 Å². The normalized spacial score (nSPS) is 21.2. The Balaban J connectivity index is 2.02. The van der Waals surface area contributed by atoms with Crippen LogP contribution in [0, 0.1) is 0 Å². The topological polar surface area (TPSA) is 42.1 Å². The number of carbonyl (C=O) groups is 1. The van der Waals surface area contributed by atoms with Crippen LogP contribution in [0.4, 0.5) is 0 Å². The summed E-state index contributed by atoms with van der Waals surface area (Å²) in [6, 6.07) is 8.53. The van der Waals surface area contributed by atoms with Crippen molar-refractivity contribution in [1.29, 1.82) is 0 Å². The summed E-state index contributed by atoms with van der Waals surface area (Å²) in [6.07, 6.45) is 5.92. The molecule has 21 heavy (non-hydrogen) atoms. The minimum atomic E-state index is -0.106. The van der Waals surface area contributed by atoms with E-state index in [4.69, 9.17) is 4.74 Å². The zero-order chi connectivity index (χ0) is 14.9. The molecule has 0 saturated heterocycles. The molecule has 0 aliphatic heterocycles. The van der Waals surface area contributed by atoms with Crippen molar-refractivity contribution in [3.63, 3.8) is 0 Å². The first-order chi connectivity index (χ1) is 10.2. The summed E-state index contributed by atoms with van der Waals surface area (Å²) in [5.74, 6) is -0.106. The van der Waals surface area contributed by atoms with Crippen molar-refractivity contribution in [2.75, 3.05) is 7.11 Å². The summed E-state index contributed by atoms with van der Waals surface area (Å²) in [7, 11) is 1.47. The Morgan fingerprint density at radius 3 is 2.95 bits per heavy atom. The van der Waals surface area contributed by atoms with E-state index in [0.717, 1.165) is 25.7 Å². The van der Waals surface area contributed by atoms with Crippen molar-refractivity contribution in [3.05, 3.63) is 35.5 Å². The molecule has 1 aromatic heterocycles. The predicted octanol–water partition coefficient (Wildman–Crippen LogP) is 4.11. The highest BCUT2D eigenvalue weighted by molar-refractivity contribution is 5.85. The Hall–Kier alpha value is -1.77. The first-order valence-corrected chi connectivity index (χ1v) is 7.87. The van der Waals surface area contributed by atoms with Crippen LogP contribution in [0.1, 0.15) is 50.3 Å². The molecule has 0 bridgehead atoms. The molecule has 1 atom stereocenters. The van der Waals surface area contributed by atoms with Crippen LogP contribution in [0.3, 0.4) is 0 Å². The van der Waals surface area contributed by atoms with E-state index in [9.17, 15) is 4.79 Å². The number of ether oxygens (including phenoxy) is 1. The van der Waals surface area contributed by atoms with Crippen LogP contribution in [0.15, 0.2) is 24.3 Å². The number of hydrogen-bond acceptors (Lipinski definition) is 2. The smallest absolute Gasteiger partial charge is 0.305 e. The van der Waals surface area contributed by atoms with Gasteiger partial charge in [0.15, 0.2) is 0 Å². The maximum atomic E-state index is 11.6. The fraction of sp³-hybridized carbons (Fsp3) is 0.500. The first kappa shape index (κ1) is 14.2. The number of methoxy groups -OCH3 is 1. The number of fused-ring (bicyclic) bond motifs is 3. The van der Waals surface area contributed by atoms with E-state index >= 15 is 0 Å². The quantitative estimate of drug-likeness (QED) is 0.859. The molecule has 0 saturated carbocycles. The first-order valence-electron chi connectivity index (χ1n) is 7.87. The van der Waals surface area contributed by atoms with Gasteiger partial charge in [0.25, 0.3) is 0 Å². The zero-order valence-electron chi connectivity index (χ0n) is 12.9. The largest absolute Gasteiger partial charge is 0.469 e. The Labute approximate surface area is 125 Å². The number of aromatic amines is 1. The average molecular weight is 285 g/mol. The number of hydrogen-bond donors (Lipinski definition) is 1. The summed E-state index contributed by atoms with van der Waals surface area (Å²) in [4.78, 5) is 15.2. The van der Waals surface area contributed by atoms with Crippen molar-refractivity contribution >= 4 is 16.9 Å². The molecule has 3 nitrogen and oxygen atoms in total. The summed E-state index contributed by atoms with van der Waals surface area (Å²) in [6.45, 7) is 2.23. The monoisotopic (exact) mass is 285 g/mol. The Morgan fingerprint density at radius 2 is 2.19 bits per heavy atom. The summed E-state index contributed by atoms with van der Waals surface area (Å²) < 4.78 is 4.83. The Kier molecular flexibility index (Phi) is 3.75. The Morgan fingerprint density at radius 1 is 1.38 bits per heavy atom. The lowest BCUT2D eigenvalue weighted by atomic mass is 9.69. The fourth-order valence-corrected chi connectivity index (χ4v) is 3.86. The zero-order valence-corrected chi connectivity index (χ0v) is 12.9. The second-order valence-corrected chi connectivity index (χ2v) is 6.09. The minimum Gasteiger partial charge on any atom is -0.469 e. The number of aryl methyl sites for hydroxylation is 1. The second kappa shape index (κ2) is 5.55. The van der Waals surface area contributed by atoms with Crippen LogP contribution >= 0.6 is 0 Å². The van der Waals surface area contributed by atoms with Crippen LogP contribution in [0.5, 0.6) is 0 Å². The summed E-state index contributed by atoms with van der Waals surface area (Å²) in [5.41, 5.74) is 4.14. The van der Waals surface area contributed by atoms with Gasteiger partial charge in [0.2, 0.25) is 0 Å². The number of nitrogens with one attached hydrogen (secondary N) is 1. The summed E-state index contributed by atoms with van der Waals surface area (Å²) in [5, 5.41) is 1.35. The highest BCUT2D eigenvalue weighted by Crippen LogP contribution is 2.45. The molecule has 3 heteroatoms. The van der Waals surface area contributed by atoms with E-state index in [2.05, 4.69) is 36.2 Å². The third-order valence-electron chi connectivity index (χ3n) is 5.14. The molecule has 1 aliphatic rings. The maximum absolute atomic E-state index is 11.6. The lowest BCUT2D eigenvalue weighted by Crippen LogP contribution is -2.31. The Bertz CT molecular complexity index is 658. The number of carbonyl (C=O) groups excluding carboxylic acids is 1. The van der Waals surface area contributed by atoms with E-state index in [0.29, 0.717) is 6.42 Å². The molecule has 0 unspecified atom stereocenters. The number of aromatic nitrogens is 1. The molecule has 3 rings (SSSR count).